The van der Waals surface area contributed by atoms with Crippen molar-refractivity contribution in [3.05, 3.63) is 510 Å². The van der Waals surface area contributed by atoms with E-state index in [9.17, 15) is 0 Å². The predicted octanol–water partition coefficient (Wildman–Crippen LogP) is 33.6. The van der Waals surface area contributed by atoms with E-state index in [2.05, 4.69) is 537 Å². The minimum absolute atomic E-state index is 1.17. The maximum absolute atomic E-state index is 2.38. The van der Waals surface area contributed by atoms with E-state index in [1.807, 2.05) is 0 Å². The quantitative estimate of drug-likeness (QED) is 0.117. The molecule has 21 aromatic carbocycles. The molecule has 0 saturated heterocycles. The van der Waals surface area contributed by atoms with Crippen LogP contribution in [0, 0.1) is 0 Å². The Bertz CT molecular complexity index is 8530. The lowest BCUT2D eigenvalue weighted by Gasteiger charge is -2.12. The zero-order chi connectivity index (χ0) is 87.1. The zero-order valence-electron chi connectivity index (χ0n) is 72.2. The molecule has 0 amide bonds. The van der Waals surface area contributed by atoms with Gasteiger partial charge in [0.1, 0.15) is 0 Å². The van der Waals surface area contributed by atoms with Crippen molar-refractivity contribution in [1.82, 2.24) is 27.4 Å². The van der Waals surface area contributed by atoms with Crippen LogP contribution in [0.3, 0.4) is 0 Å². The molecule has 0 saturated carbocycles. The zero-order valence-corrected chi connectivity index (χ0v) is 72.2. The fourth-order valence-electron chi connectivity index (χ4n) is 20.7. The lowest BCUT2D eigenvalue weighted by Crippen LogP contribution is -1.94. The van der Waals surface area contributed by atoms with Gasteiger partial charge in [0.25, 0.3) is 0 Å². The van der Waals surface area contributed by atoms with Crippen LogP contribution in [-0.4, -0.2) is 27.4 Å². The van der Waals surface area contributed by atoms with Crippen molar-refractivity contribution in [1.29, 1.82) is 0 Å². The highest BCUT2D eigenvalue weighted by atomic mass is 15.0. The van der Waals surface area contributed by atoms with E-state index < -0.39 is 0 Å². The molecule has 0 aliphatic carbocycles. The minimum Gasteiger partial charge on any atom is -0.309 e. The van der Waals surface area contributed by atoms with Crippen molar-refractivity contribution >= 4 is 131 Å². The number of aromatic nitrogens is 6. The largest absolute Gasteiger partial charge is 0.309 e. The number of para-hydroxylation sites is 12. The van der Waals surface area contributed by atoms with E-state index >= 15 is 0 Å². The highest BCUT2D eigenvalue weighted by molar-refractivity contribution is 6.16. The molecule has 6 heterocycles. The molecule has 0 bridgehead atoms. The summed E-state index contributed by atoms with van der Waals surface area (Å²) in [7, 11) is 0. The van der Waals surface area contributed by atoms with Crippen LogP contribution in [-0.2, 0) is 0 Å². The van der Waals surface area contributed by atoms with Gasteiger partial charge in [0.15, 0.2) is 0 Å². The molecule has 6 heteroatoms. The first-order valence-electron chi connectivity index (χ1n) is 45.3. The van der Waals surface area contributed by atoms with Gasteiger partial charge in [-0.3, -0.25) is 0 Å². The molecule has 0 atom stereocenters. The number of fused-ring (bicyclic) bond motifs is 18. The average Bonchev–Trinajstić information content (AvgIpc) is 2.30. The van der Waals surface area contributed by atoms with Gasteiger partial charge < -0.3 is 27.4 Å². The average molecular weight is 1680 g/mol. The van der Waals surface area contributed by atoms with Crippen molar-refractivity contribution in [2.75, 3.05) is 0 Å². The van der Waals surface area contributed by atoms with Crippen LogP contribution >= 0.6 is 0 Å². The third-order valence-electron chi connectivity index (χ3n) is 26.7. The molecule has 132 heavy (non-hydrogen) atoms. The second kappa shape index (κ2) is 32.4. The van der Waals surface area contributed by atoms with Gasteiger partial charge in [0.2, 0.25) is 0 Å². The smallest absolute Gasteiger partial charge is 0.0547 e. The van der Waals surface area contributed by atoms with Crippen LogP contribution in [0.25, 0.3) is 232 Å². The van der Waals surface area contributed by atoms with Crippen molar-refractivity contribution in [2.24, 2.45) is 0 Å². The molecule has 6 nitrogen and oxygen atoms in total. The third-order valence-corrected chi connectivity index (χ3v) is 26.7. The van der Waals surface area contributed by atoms with E-state index in [0.29, 0.717) is 0 Å². The van der Waals surface area contributed by atoms with E-state index in [0.717, 1.165) is 0 Å². The summed E-state index contributed by atoms with van der Waals surface area (Å²) in [5.41, 5.74) is 36.2. The summed E-state index contributed by atoms with van der Waals surface area (Å²) >= 11 is 0. The van der Waals surface area contributed by atoms with Gasteiger partial charge in [-0.1, -0.05) is 334 Å². The molecule has 0 aliphatic heterocycles. The Balaban J connectivity index is 0.000000106. The summed E-state index contributed by atoms with van der Waals surface area (Å²) in [6, 6.07) is 184. The summed E-state index contributed by atoms with van der Waals surface area (Å²) in [5, 5.41) is 15.3. The Morgan fingerprint density at radius 3 is 0.515 bits per heavy atom. The van der Waals surface area contributed by atoms with E-state index in [-0.39, 0.29) is 0 Å². The summed E-state index contributed by atoms with van der Waals surface area (Å²) in [4.78, 5) is 0. The number of hydrogen-bond acceptors (Lipinski definition) is 0. The Morgan fingerprint density at radius 1 is 0.0833 bits per heavy atom. The second-order valence-electron chi connectivity index (χ2n) is 34.3. The molecule has 0 spiro atoms. The van der Waals surface area contributed by atoms with Crippen LogP contribution in [0.4, 0.5) is 0 Å². The van der Waals surface area contributed by atoms with Crippen LogP contribution in [0.1, 0.15) is 0 Å². The van der Waals surface area contributed by atoms with Gasteiger partial charge in [-0.25, -0.2) is 0 Å². The van der Waals surface area contributed by atoms with Gasteiger partial charge in [-0.15, -0.1) is 0 Å². The first-order chi connectivity index (χ1) is 65.5. The molecule has 0 unspecified atom stereocenters. The minimum atomic E-state index is 1.17. The molecule has 27 aromatic rings. The first kappa shape index (κ1) is 76.8. The predicted molar refractivity (Wildman–Crippen MR) is 558 cm³/mol. The van der Waals surface area contributed by atoms with Gasteiger partial charge >= 0.3 is 0 Å². The lowest BCUT2D eigenvalue weighted by molar-refractivity contribution is 1.18. The molecule has 6 aromatic heterocycles. The Hall–Kier alpha value is -17.6. The van der Waals surface area contributed by atoms with Crippen molar-refractivity contribution < 1.29 is 0 Å². The highest BCUT2D eigenvalue weighted by Gasteiger charge is 2.22. The number of hydrogen-bond donors (Lipinski definition) is 0. The summed E-state index contributed by atoms with van der Waals surface area (Å²) in [6.45, 7) is 0. The SMILES string of the molecule is c1cc(-c2cccc(-n3c4ccccc4c4ccccc43)c2)cc(-c2cccc(-n3c4ccccc4c4ccccc43)c2)c1.c1ccc(-n2c3ccccc3c3cc(-c4cccc(-c5ccc6c(c5)c5ccccc5n6-c5ccccc5)c4)ccc32)cc1.c1ccc(-n2c3ccccc3c3ccc(-c4cccc(-c5ccc6c7ccccc7n(-c7ccccc7)c6c5)c4)cc32)cc1. The molecule has 27 rings (SSSR count). The lowest BCUT2D eigenvalue weighted by atomic mass is 9.97. The highest BCUT2D eigenvalue weighted by Crippen LogP contribution is 2.44. The summed E-state index contributed by atoms with van der Waals surface area (Å²) < 4.78 is 14.3. The second-order valence-corrected chi connectivity index (χ2v) is 34.3. The van der Waals surface area contributed by atoms with Gasteiger partial charge in [-0.2, -0.15) is 0 Å². The molecule has 0 aliphatic rings. The topological polar surface area (TPSA) is 29.6 Å². The molecule has 0 fully saturated rings. The maximum atomic E-state index is 2.38. The third kappa shape index (κ3) is 13.3. The van der Waals surface area contributed by atoms with Gasteiger partial charge in [0, 0.05) is 98.8 Å². The maximum Gasteiger partial charge on any atom is 0.0547 e. The summed E-state index contributed by atoms with van der Waals surface area (Å²) in [6.07, 6.45) is 0. The van der Waals surface area contributed by atoms with Gasteiger partial charge in [0.05, 0.1) is 66.2 Å². The van der Waals surface area contributed by atoms with E-state index in [1.165, 1.54) is 232 Å². The molecular weight excluding hydrogens is 1600 g/mol. The fourth-order valence-corrected chi connectivity index (χ4v) is 20.7. The molecular formula is C126H84N6. The van der Waals surface area contributed by atoms with Crippen LogP contribution < -0.4 is 0 Å². The van der Waals surface area contributed by atoms with Crippen LogP contribution in [0.15, 0.2) is 510 Å². The Morgan fingerprint density at radius 2 is 0.250 bits per heavy atom. The van der Waals surface area contributed by atoms with Gasteiger partial charge in [-0.05, 0) is 243 Å². The van der Waals surface area contributed by atoms with Crippen molar-refractivity contribution in [3.63, 3.8) is 0 Å². The van der Waals surface area contributed by atoms with Crippen molar-refractivity contribution in [2.45, 2.75) is 0 Å². The number of rotatable bonds is 12. The molecule has 0 radical (unpaired) electrons. The Kier molecular flexibility index (Phi) is 18.8. The fraction of sp³-hybridized carbons (Fsp3) is 0. The monoisotopic (exact) mass is 1680 g/mol. The normalized spacial score (nSPS) is 11.6. The van der Waals surface area contributed by atoms with E-state index in [1.54, 1.807) is 0 Å². The Labute approximate surface area is 763 Å². The number of nitrogens with zero attached hydrogens (tertiary/aromatic N) is 6. The van der Waals surface area contributed by atoms with Crippen LogP contribution in [0.5, 0.6) is 0 Å². The van der Waals surface area contributed by atoms with Crippen molar-refractivity contribution in [3.8, 4) is 101 Å². The standard InChI is InChI=1S/3C42H28N2/c1-5-22-39-35(18-1)36-19-2-6-23-40(36)43(39)33-16-10-14-31(27-33)29-12-9-13-30(26-29)32-15-11-17-34(28-32)44-41-24-7-3-20-37(41)38-21-4-8-25-42(38)44;1-3-14-33(15-4-1)43-39-20-9-7-18-35(39)37-27-31(22-24-41(37)43)29-12-11-13-30(26-29)32-23-25-42-38(28-32)36-19-8-10-21-40(36)44(42)34-16-5-2-6-17-34;1-3-14-33(15-4-1)43-39-20-9-7-18-35(39)37-24-22-31(27-41(37)43)29-12-11-13-30(26-29)32-23-25-38-36-19-8-10-21-40(36)44(42(38)28-32)34-16-5-2-6-17-34/h3*1-28H. The van der Waals surface area contributed by atoms with Crippen LogP contribution in [0.2, 0.25) is 0 Å². The first-order valence-corrected chi connectivity index (χ1v) is 45.3. The number of benzene rings is 21. The molecule has 0 N–H and O–H groups in total. The molecule has 618 valence electrons. The summed E-state index contributed by atoms with van der Waals surface area (Å²) in [5.74, 6) is 0. The van der Waals surface area contributed by atoms with E-state index in [4.69, 9.17) is 0 Å².